The van der Waals surface area contributed by atoms with Crippen LogP contribution in [0.25, 0.3) is 0 Å². The zero-order valence-electron chi connectivity index (χ0n) is 10.6. The molecule has 0 aliphatic heterocycles. The van der Waals surface area contributed by atoms with E-state index in [1.165, 1.54) is 24.3 Å². The van der Waals surface area contributed by atoms with Gasteiger partial charge in [0.1, 0.15) is 5.75 Å². The summed E-state index contributed by atoms with van der Waals surface area (Å²) in [5, 5.41) is 29.7. The van der Waals surface area contributed by atoms with Crippen LogP contribution in [0, 0.1) is 5.92 Å². The largest absolute Gasteiger partial charge is 0.512 e. The van der Waals surface area contributed by atoms with Gasteiger partial charge in [-0.05, 0) is 12.1 Å². The van der Waals surface area contributed by atoms with Gasteiger partial charge < -0.3 is 15.3 Å². The average molecular weight is 272 g/mol. The van der Waals surface area contributed by atoms with Crippen molar-refractivity contribution in [2.24, 2.45) is 5.92 Å². The second kappa shape index (κ2) is 4.05. The molecule has 0 aromatic heterocycles. The Bertz CT molecular complexity index is 711. The summed E-state index contributed by atoms with van der Waals surface area (Å²) in [4.78, 5) is 24.8. The number of aliphatic hydroxyl groups is 2. The minimum Gasteiger partial charge on any atom is -0.512 e. The van der Waals surface area contributed by atoms with Crippen molar-refractivity contribution >= 4 is 11.6 Å². The van der Waals surface area contributed by atoms with Gasteiger partial charge in [-0.1, -0.05) is 19.1 Å². The minimum atomic E-state index is -1.26. The van der Waals surface area contributed by atoms with Crippen LogP contribution < -0.4 is 0 Å². The first kappa shape index (κ1) is 12.6. The summed E-state index contributed by atoms with van der Waals surface area (Å²) >= 11 is 0. The lowest BCUT2D eigenvalue weighted by atomic mass is 9.75. The maximum absolute atomic E-state index is 12.4. The number of phenols is 1. The standard InChI is InChI=1S/C15H12O5/c1-6-10(17)5-8-12(13(6)18)15(20)11-7(14(8)19)3-2-4-9(11)16/h2-6,13,16-18H,1H3. The first-order valence-corrected chi connectivity index (χ1v) is 6.17. The fraction of sp³-hybridized carbons (Fsp3) is 0.200. The number of hydrogen-bond acceptors (Lipinski definition) is 5. The number of benzene rings is 1. The van der Waals surface area contributed by atoms with E-state index in [2.05, 4.69) is 0 Å². The van der Waals surface area contributed by atoms with Crippen molar-refractivity contribution in [2.75, 3.05) is 0 Å². The van der Waals surface area contributed by atoms with Crippen molar-refractivity contribution < 1.29 is 24.9 Å². The molecule has 0 saturated carbocycles. The van der Waals surface area contributed by atoms with Crippen LogP contribution in [0.5, 0.6) is 5.75 Å². The van der Waals surface area contributed by atoms with Crippen molar-refractivity contribution in [2.45, 2.75) is 13.0 Å². The highest BCUT2D eigenvalue weighted by atomic mass is 16.3. The van der Waals surface area contributed by atoms with Crippen LogP contribution in [-0.2, 0) is 0 Å². The fourth-order valence-electron chi connectivity index (χ4n) is 2.62. The van der Waals surface area contributed by atoms with Gasteiger partial charge in [0, 0.05) is 22.6 Å². The summed E-state index contributed by atoms with van der Waals surface area (Å²) < 4.78 is 0. The third kappa shape index (κ3) is 1.47. The molecule has 0 radical (unpaired) electrons. The van der Waals surface area contributed by atoms with Gasteiger partial charge in [0.2, 0.25) is 0 Å². The number of carbonyl (C=O) groups is 2. The third-order valence-corrected chi connectivity index (χ3v) is 3.82. The van der Waals surface area contributed by atoms with Crippen molar-refractivity contribution in [3.8, 4) is 5.75 Å². The summed E-state index contributed by atoms with van der Waals surface area (Å²) in [7, 11) is 0. The number of hydrogen-bond donors (Lipinski definition) is 3. The van der Waals surface area contributed by atoms with Crippen LogP contribution in [0.4, 0.5) is 0 Å². The average Bonchev–Trinajstić information content (AvgIpc) is 2.41. The first-order valence-electron chi connectivity index (χ1n) is 6.17. The first-order chi connectivity index (χ1) is 9.43. The molecule has 0 saturated heterocycles. The Kier molecular flexibility index (Phi) is 2.55. The molecule has 0 spiro atoms. The Morgan fingerprint density at radius 1 is 1.10 bits per heavy atom. The molecule has 102 valence electrons. The van der Waals surface area contributed by atoms with Gasteiger partial charge >= 0.3 is 0 Å². The number of aliphatic hydroxyl groups excluding tert-OH is 2. The molecule has 2 atom stereocenters. The predicted molar refractivity (Wildman–Crippen MR) is 69.7 cm³/mol. The van der Waals surface area contributed by atoms with E-state index in [1.807, 2.05) is 0 Å². The van der Waals surface area contributed by atoms with Crippen molar-refractivity contribution in [1.82, 2.24) is 0 Å². The molecule has 0 bridgehead atoms. The lowest BCUT2D eigenvalue weighted by Crippen LogP contribution is -2.35. The Morgan fingerprint density at radius 2 is 1.80 bits per heavy atom. The lowest BCUT2D eigenvalue weighted by Gasteiger charge is -2.30. The zero-order chi connectivity index (χ0) is 14.6. The smallest absolute Gasteiger partial charge is 0.196 e. The zero-order valence-corrected chi connectivity index (χ0v) is 10.6. The Hall–Kier alpha value is -2.40. The molecule has 20 heavy (non-hydrogen) atoms. The van der Waals surface area contributed by atoms with Gasteiger partial charge in [-0.3, -0.25) is 9.59 Å². The monoisotopic (exact) mass is 272 g/mol. The number of allylic oxidation sites excluding steroid dienone is 2. The van der Waals surface area contributed by atoms with Crippen LogP contribution in [0.3, 0.4) is 0 Å². The Morgan fingerprint density at radius 3 is 2.50 bits per heavy atom. The van der Waals surface area contributed by atoms with Crippen LogP contribution in [0.1, 0.15) is 27.6 Å². The quantitative estimate of drug-likeness (QED) is 0.665. The molecule has 5 nitrogen and oxygen atoms in total. The summed E-state index contributed by atoms with van der Waals surface area (Å²) in [6.07, 6.45) is -0.0425. The second-order valence-electron chi connectivity index (χ2n) is 4.99. The number of phenolic OH excluding ortho intramolecular Hbond substituents is 1. The number of carbonyl (C=O) groups excluding carboxylic acids is 2. The SMILES string of the molecule is CC1C(O)=CC2=C(C(=O)c3c(O)cccc3C2=O)C1O. The van der Waals surface area contributed by atoms with Crippen LogP contribution >= 0.6 is 0 Å². The molecule has 2 aliphatic carbocycles. The van der Waals surface area contributed by atoms with E-state index >= 15 is 0 Å². The van der Waals surface area contributed by atoms with E-state index in [0.29, 0.717) is 0 Å². The molecule has 0 amide bonds. The van der Waals surface area contributed by atoms with Gasteiger partial charge in [-0.25, -0.2) is 0 Å². The highest BCUT2D eigenvalue weighted by Crippen LogP contribution is 2.38. The lowest BCUT2D eigenvalue weighted by molar-refractivity contribution is 0.0876. The number of rotatable bonds is 0. The van der Waals surface area contributed by atoms with Gasteiger partial charge in [0.05, 0.1) is 17.4 Å². The molecule has 2 aliphatic rings. The summed E-state index contributed by atoms with van der Waals surface area (Å²) in [5.74, 6) is -2.15. The molecule has 3 rings (SSSR count). The number of fused-ring (bicyclic) bond motifs is 1. The normalized spacial score (nSPS) is 25.2. The summed E-state index contributed by atoms with van der Waals surface area (Å²) in [6, 6.07) is 4.23. The van der Waals surface area contributed by atoms with Gasteiger partial charge in [-0.2, -0.15) is 0 Å². The van der Waals surface area contributed by atoms with E-state index in [0.717, 1.165) is 0 Å². The molecule has 3 N–H and O–H groups in total. The van der Waals surface area contributed by atoms with Crippen molar-refractivity contribution in [3.63, 3.8) is 0 Å². The fourth-order valence-corrected chi connectivity index (χ4v) is 2.62. The predicted octanol–water partition coefficient (Wildman–Crippen LogP) is 1.52. The van der Waals surface area contributed by atoms with Crippen LogP contribution in [0.2, 0.25) is 0 Å². The molecule has 1 aromatic rings. The number of Topliss-reactive ketones (excluding diaryl/α,β-unsaturated/α-hetero) is 2. The highest BCUT2D eigenvalue weighted by molar-refractivity contribution is 6.29. The molecular weight excluding hydrogens is 260 g/mol. The Labute approximate surface area is 114 Å². The van der Waals surface area contributed by atoms with Gasteiger partial charge in [0.15, 0.2) is 11.6 Å². The van der Waals surface area contributed by atoms with Crippen LogP contribution in [-0.4, -0.2) is 33.0 Å². The maximum Gasteiger partial charge on any atom is 0.196 e. The molecule has 5 heteroatoms. The van der Waals surface area contributed by atoms with Crippen molar-refractivity contribution in [1.29, 1.82) is 0 Å². The van der Waals surface area contributed by atoms with E-state index < -0.39 is 23.6 Å². The molecule has 0 fully saturated rings. The van der Waals surface area contributed by atoms with Gasteiger partial charge in [-0.15, -0.1) is 0 Å². The van der Waals surface area contributed by atoms with Crippen molar-refractivity contribution in [3.05, 3.63) is 52.3 Å². The second-order valence-corrected chi connectivity index (χ2v) is 4.99. The maximum atomic E-state index is 12.4. The summed E-state index contributed by atoms with van der Waals surface area (Å²) in [6.45, 7) is 1.55. The van der Waals surface area contributed by atoms with E-state index in [1.54, 1.807) is 6.92 Å². The number of aromatic hydroxyl groups is 1. The summed E-state index contributed by atoms with van der Waals surface area (Å²) in [5.41, 5.74) is -0.0673. The molecule has 0 heterocycles. The molecular formula is C15H12O5. The van der Waals surface area contributed by atoms with Crippen LogP contribution in [0.15, 0.2) is 41.2 Å². The number of ketones is 2. The minimum absolute atomic E-state index is 0.00352. The van der Waals surface area contributed by atoms with Gasteiger partial charge in [0.25, 0.3) is 0 Å². The van der Waals surface area contributed by atoms with E-state index in [9.17, 15) is 24.9 Å². The Balaban J connectivity index is 2.29. The molecule has 1 aromatic carbocycles. The molecule has 2 unspecified atom stereocenters. The third-order valence-electron chi connectivity index (χ3n) is 3.82. The highest BCUT2D eigenvalue weighted by Gasteiger charge is 2.41. The van der Waals surface area contributed by atoms with E-state index in [4.69, 9.17) is 0 Å². The van der Waals surface area contributed by atoms with E-state index in [-0.39, 0.29) is 33.8 Å². The topological polar surface area (TPSA) is 94.8 Å².